The van der Waals surface area contributed by atoms with Crippen LogP contribution in [0.25, 0.3) is 4.96 Å². The van der Waals surface area contributed by atoms with Crippen molar-refractivity contribution < 1.29 is 13.2 Å². The van der Waals surface area contributed by atoms with Crippen molar-refractivity contribution in [2.45, 2.75) is 31.8 Å². The number of hydrogen-bond donors (Lipinski definition) is 1. The third-order valence-corrected chi connectivity index (χ3v) is 5.83. The second kappa shape index (κ2) is 6.50. The zero-order valence-corrected chi connectivity index (χ0v) is 15.2. The number of hydrogen-bond acceptors (Lipinski definition) is 6. The molecule has 24 heavy (non-hydrogen) atoms. The fourth-order valence-electron chi connectivity index (χ4n) is 2.46. The molecule has 0 saturated heterocycles. The van der Waals surface area contributed by atoms with Gasteiger partial charge >= 0.3 is 0 Å². The van der Waals surface area contributed by atoms with Crippen LogP contribution >= 0.6 is 11.3 Å². The number of imidazole rings is 1. The van der Waals surface area contributed by atoms with Gasteiger partial charge in [-0.2, -0.15) is 9.61 Å². The first-order valence-corrected chi connectivity index (χ1v) is 9.73. The van der Waals surface area contributed by atoms with Crippen molar-refractivity contribution in [3.8, 4) is 5.75 Å². The standard InChI is InChI=1S/C15H18N4O3S2/c1-4-12-14(19-15(17-12)23-10(2)18-19)24(20,21)16-9-11-7-5-6-8-13(11)22-3/h5-8,16H,4,9H2,1-3H3. The normalized spacial score (nSPS) is 12.0. The molecule has 0 amide bonds. The van der Waals surface area contributed by atoms with E-state index in [1.807, 2.05) is 32.0 Å². The maximum Gasteiger partial charge on any atom is 0.260 e. The summed E-state index contributed by atoms with van der Waals surface area (Å²) in [6, 6.07) is 7.29. The summed E-state index contributed by atoms with van der Waals surface area (Å²) >= 11 is 1.37. The van der Waals surface area contributed by atoms with Gasteiger partial charge in [-0.15, -0.1) is 0 Å². The molecule has 0 saturated carbocycles. The van der Waals surface area contributed by atoms with Crippen molar-refractivity contribution in [1.82, 2.24) is 19.3 Å². The summed E-state index contributed by atoms with van der Waals surface area (Å²) in [5.41, 5.74) is 1.28. The van der Waals surface area contributed by atoms with Crippen LogP contribution in [0.4, 0.5) is 0 Å². The largest absolute Gasteiger partial charge is 0.496 e. The van der Waals surface area contributed by atoms with E-state index < -0.39 is 10.0 Å². The molecule has 7 nitrogen and oxygen atoms in total. The number of sulfonamides is 1. The topological polar surface area (TPSA) is 85.6 Å². The Morgan fingerprint density at radius 2 is 2.08 bits per heavy atom. The third kappa shape index (κ3) is 3.02. The van der Waals surface area contributed by atoms with E-state index in [2.05, 4.69) is 14.8 Å². The van der Waals surface area contributed by atoms with E-state index >= 15 is 0 Å². The van der Waals surface area contributed by atoms with E-state index in [0.29, 0.717) is 22.8 Å². The minimum atomic E-state index is -3.76. The molecule has 9 heteroatoms. The first-order valence-electron chi connectivity index (χ1n) is 7.43. The van der Waals surface area contributed by atoms with Crippen molar-refractivity contribution in [3.63, 3.8) is 0 Å². The molecule has 0 aliphatic heterocycles. The number of para-hydroxylation sites is 1. The molecular weight excluding hydrogens is 348 g/mol. The summed E-state index contributed by atoms with van der Waals surface area (Å²) in [7, 11) is -2.20. The minimum absolute atomic E-state index is 0.110. The summed E-state index contributed by atoms with van der Waals surface area (Å²) in [5.74, 6) is 0.638. The van der Waals surface area contributed by atoms with Gasteiger partial charge in [-0.05, 0) is 19.4 Å². The number of aromatic nitrogens is 3. The lowest BCUT2D eigenvalue weighted by molar-refractivity contribution is 0.409. The zero-order valence-electron chi connectivity index (χ0n) is 13.6. The van der Waals surface area contributed by atoms with Crippen molar-refractivity contribution >= 4 is 26.3 Å². The van der Waals surface area contributed by atoms with E-state index in [4.69, 9.17) is 4.74 Å². The molecule has 1 aromatic carbocycles. The molecule has 0 fully saturated rings. The highest BCUT2D eigenvalue weighted by Gasteiger charge is 2.26. The predicted molar refractivity (Wildman–Crippen MR) is 92.0 cm³/mol. The van der Waals surface area contributed by atoms with Gasteiger partial charge in [0.25, 0.3) is 10.0 Å². The van der Waals surface area contributed by atoms with Crippen LogP contribution in [-0.2, 0) is 23.0 Å². The van der Waals surface area contributed by atoms with E-state index in [0.717, 1.165) is 10.6 Å². The monoisotopic (exact) mass is 366 g/mol. The fraction of sp³-hybridized carbons (Fsp3) is 0.333. The van der Waals surface area contributed by atoms with Gasteiger partial charge in [-0.25, -0.2) is 18.1 Å². The van der Waals surface area contributed by atoms with Crippen LogP contribution < -0.4 is 9.46 Å². The van der Waals surface area contributed by atoms with E-state index in [1.54, 1.807) is 13.2 Å². The Hall–Kier alpha value is -1.97. The van der Waals surface area contributed by atoms with Gasteiger partial charge in [0.2, 0.25) is 4.96 Å². The highest BCUT2D eigenvalue weighted by atomic mass is 32.2. The van der Waals surface area contributed by atoms with Gasteiger partial charge in [0.1, 0.15) is 10.8 Å². The lowest BCUT2D eigenvalue weighted by Crippen LogP contribution is -2.26. The van der Waals surface area contributed by atoms with E-state index in [1.165, 1.54) is 15.9 Å². The van der Waals surface area contributed by atoms with Crippen LogP contribution in [0.3, 0.4) is 0 Å². The Morgan fingerprint density at radius 1 is 1.33 bits per heavy atom. The maximum atomic E-state index is 12.8. The van der Waals surface area contributed by atoms with Crippen LogP contribution in [0.15, 0.2) is 29.3 Å². The van der Waals surface area contributed by atoms with Crippen molar-refractivity contribution in [2.24, 2.45) is 0 Å². The molecule has 0 aliphatic carbocycles. The number of nitrogens with zero attached hydrogens (tertiary/aromatic N) is 3. The van der Waals surface area contributed by atoms with Crippen molar-refractivity contribution in [2.75, 3.05) is 7.11 Å². The first-order chi connectivity index (χ1) is 11.5. The van der Waals surface area contributed by atoms with Crippen molar-refractivity contribution in [1.29, 1.82) is 0 Å². The number of fused-ring (bicyclic) bond motifs is 1. The molecule has 0 aliphatic rings. The molecular formula is C15H18N4O3S2. The predicted octanol–water partition coefficient (Wildman–Crippen LogP) is 2.15. The quantitative estimate of drug-likeness (QED) is 0.722. The molecule has 3 aromatic rings. The summed E-state index contributed by atoms with van der Waals surface area (Å²) in [4.78, 5) is 4.97. The molecule has 0 bridgehead atoms. The number of benzene rings is 1. The highest BCUT2D eigenvalue weighted by Crippen LogP contribution is 2.23. The summed E-state index contributed by atoms with van der Waals surface area (Å²) in [6.07, 6.45) is 0.514. The molecule has 1 N–H and O–H groups in total. The van der Waals surface area contributed by atoms with E-state index in [9.17, 15) is 8.42 Å². The van der Waals surface area contributed by atoms with Gasteiger partial charge in [0.05, 0.1) is 12.8 Å². The maximum absolute atomic E-state index is 12.8. The number of ether oxygens (including phenoxy) is 1. The Kier molecular flexibility index (Phi) is 4.57. The molecule has 0 atom stereocenters. The highest BCUT2D eigenvalue weighted by molar-refractivity contribution is 7.89. The third-order valence-electron chi connectivity index (χ3n) is 3.57. The molecule has 0 unspecified atom stereocenters. The number of nitrogens with one attached hydrogen (secondary N) is 1. The zero-order chi connectivity index (χ0) is 17.3. The average Bonchev–Trinajstić information content (AvgIpc) is 3.08. The minimum Gasteiger partial charge on any atom is -0.496 e. The lowest BCUT2D eigenvalue weighted by atomic mass is 10.2. The van der Waals surface area contributed by atoms with Gasteiger partial charge < -0.3 is 4.74 Å². The van der Waals surface area contributed by atoms with Gasteiger partial charge in [0, 0.05) is 12.1 Å². The summed E-state index contributed by atoms with van der Waals surface area (Å²) in [5, 5.41) is 5.14. The summed E-state index contributed by atoms with van der Waals surface area (Å²) in [6.45, 7) is 3.83. The SMILES string of the molecule is CCc1nc2sc(C)nn2c1S(=O)(=O)NCc1ccccc1OC. The number of rotatable bonds is 6. The molecule has 0 spiro atoms. The molecule has 128 valence electrons. The van der Waals surface area contributed by atoms with Crippen LogP contribution in [0.1, 0.15) is 23.2 Å². The molecule has 0 radical (unpaired) electrons. The average molecular weight is 366 g/mol. The fourth-order valence-corrected chi connectivity index (χ4v) is 4.61. The van der Waals surface area contributed by atoms with Crippen LogP contribution in [0, 0.1) is 6.92 Å². The second-order valence-corrected chi connectivity index (χ2v) is 8.01. The summed E-state index contributed by atoms with van der Waals surface area (Å²) < 4.78 is 34.9. The molecule has 2 heterocycles. The van der Waals surface area contributed by atoms with Gasteiger partial charge in [0.15, 0.2) is 5.03 Å². The second-order valence-electron chi connectivity index (χ2n) is 5.17. The number of aryl methyl sites for hydroxylation is 2. The Balaban J connectivity index is 1.96. The molecule has 2 aromatic heterocycles. The Bertz CT molecular complexity index is 976. The smallest absolute Gasteiger partial charge is 0.260 e. The first kappa shape index (κ1) is 16.9. The van der Waals surface area contributed by atoms with Crippen LogP contribution in [0.2, 0.25) is 0 Å². The Labute approximate surface area is 144 Å². The van der Waals surface area contributed by atoms with Gasteiger partial charge in [-0.1, -0.05) is 36.5 Å². The lowest BCUT2D eigenvalue weighted by Gasteiger charge is -2.10. The van der Waals surface area contributed by atoms with E-state index in [-0.39, 0.29) is 11.6 Å². The van der Waals surface area contributed by atoms with Crippen LogP contribution in [-0.4, -0.2) is 30.1 Å². The van der Waals surface area contributed by atoms with Crippen LogP contribution in [0.5, 0.6) is 5.75 Å². The molecule has 3 rings (SSSR count). The van der Waals surface area contributed by atoms with Gasteiger partial charge in [-0.3, -0.25) is 0 Å². The Morgan fingerprint density at radius 3 is 2.79 bits per heavy atom. The number of methoxy groups -OCH3 is 1. The van der Waals surface area contributed by atoms with Crippen molar-refractivity contribution in [3.05, 3.63) is 40.5 Å².